The molecule has 0 aromatic heterocycles. The van der Waals surface area contributed by atoms with Gasteiger partial charge in [0.15, 0.2) is 0 Å². The zero-order valence-electron chi connectivity index (χ0n) is 9.32. The van der Waals surface area contributed by atoms with Crippen molar-refractivity contribution in [3.63, 3.8) is 0 Å². The van der Waals surface area contributed by atoms with Crippen LogP contribution in [-0.2, 0) is 12.6 Å². The molecule has 0 bridgehead atoms. The lowest BCUT2D eigenvalue weighted by molar-refractivity contribution is -0.140. The lowest BCUT2D eigenvalue weighted by Crippen LogP contribution is -2.09. The van der Waals surface area contributed by atoms with Crippen LogP contribution in [0.25, 0.3) is 0 Å². The first kappa shape index (κ1) is 14.5. The summed E-state index contributed by atoms with van der Waals surface area (Å²) < 4.78 is 50.3. The van der Waals surface area contributed by atoms with Crippen molar-refractivity contribution in [1.82, 2.24) is 0 Å². The monoisotopic (exact) mass is 312 g/mol. The fourth-order valence-electron chi connectivity index (χ4n) is 1.47. The highest BCUT2D eigenvalue weighted by atomic mass is 79.9. The molecule has 1 unspecified atom stereocenters. The van der Waals surface area contributed by atoms with Gasteiger partial charge in [-0.1, -0.05) is 28.9 Å². The van der Waals surface area contributed by atoms with E-state index in [0.29, 0.717) is 12.0 Å². The van der Waals surface area contributed by atoms with Crippen LogP contribution in [0.15, 0.2) is 18.2 Å². The van der Waals surface area contributed by atoms with Gasteiger partial charge in [-0.3, -0.25) is 0 Å². The zero-order chi connectivity index (χ0) is 13.1. The molecule has 0 N–H and O–H groups in total. The minimum Gasteiger partial charge on any atom is -0.206 e. The molecule has 0 spiro atoms. The van der Waals surface area contributed by atoms with E-state index >= 15 is 0 Å². The molecule has 0 saturated carbocycles. The molecule has 0 radical (unpaired) electrons. The average Bonchev–Trinajstić information content (AvgIpc) is 2.26. The number of benzene rings is 1. The molecule has 0 aliphatic carbocycles. The number of rotatable bonds is 4. The summed E-state index contributed by atoms with van der Waals surface area (Å²) in [4.78, 5) is 0.280. The van der Waals surface area contributed by atoms with E-state index in [1.165, 1.54) is 6.07 Å². The molecule has 1 aromatic rings. The molecule has 0 amide bonds. The maximum absolute atomic E-state index is 13.0. The fourth-order valence-corrected chi connectivity index (χ4v) is 1.70. The van der Waals surface area contributed by atoms with Crippen molar-refractivity contribution in [1.29, 1.82) is 0 Å². The van der Waals surface area contributed by atoms with E-state index in [1.807, 2.05) is 6.92 Å². The van der Waals surface area contributed by atoms with Crippen LogP contribution in [0.5, 0.6) is 0 Å². The molecule has 0 fully saturated rings. The summed E-state index contributed by atoms with van der Waals surface area (Å²) in [6.07, 6.45) is -2.47. The zero-order valence-corrected chi connectivity index (χ0v) is 10.9. The Labute approximate surface area is 106 Å². The topological polar surface area (TPSA) is 0 Å². The summed E-state index contributed by atoms with van der Waals surface area (Å²) in [5.74, 6) is -1.22. The second-order valence-electron chi connectivity index (χ2n) is 3.86. The molecule has 0 nitrogen and oxygen atoms in total. The van der Waals surface area contributed by atoms with Crippen molar-refractivity contribution in [3.05, 3.63) is 35.1 Å². The number of aryl methyl sites for hydroxylation is 1. The second kappa shape index (κ2) is 5.85. The van der Waals surface area contributed by atoms with E-state index in [9.17, 15) is 17.6 Å². The van der Waals surface area contributed by atoms with Crippen LogP contribution in [0.2, 0.25) is 0 Å². The Kier molecular flexibility index (Phi) is 4.98. The molecule has 17 heavy (non-hydrogen) atoms. The minimum atomic E-state index is -4.63. The second-order valence-corrected chi connectivity index (χ2v) is 5.15. The Balaban J connectivity index is 2.82. The predicted octanol–water partition coefficient (Wildman–Crippen LogP) is 4.95. The third-order valence-electron chi connectivity index (χ3n) is 2.53. The molecule has 1 aromatic carbocycles. The van der Waals surface area contributed by atoms with Crippen LogP contribution in [0.3, 0.4) is 0 Å². The standard InChI is InChI=1S/C12H13BrF4/c1-2-9(13)5-3-8-4-6-11(14)10(7-8)12(15,16)17/h4,6-7,9H,2-3,5H2,1H3. The van der Waals surface area contributed by atoms with Crippen molar-refractivity contribution in [2.24, 2.45) is 0 Å². The van der Waals surface area contributed by atoms with Gasteiger partial charge in [0.1, 0.15) is 5.82 Å². The van der Waals surface area contributed by atoms with Gasteiger partial charge in [-0.05, 0) is 37.0 Å². The van der Waals surface area contributed by atoms with Crippen LogP contribution >= 0.6 is 15.9 Å². The molecule has 0 saturated heterocycles. The smallest absolute Gasteiger partial charge is 0.206 e. The maximum Gasteiger partial charge on any atom is 0.419 e. The Morgan fingerprint density at radius 3 is 2.47 bits per heavy atom. The van der Waals surface area contributed by atoms with Crippen LogP contribution in [0, 0.1) is 5.82 Å². The number of halogens is 5. The van der Waals surface area contributed by atoms with Crippen LogP contribution in [0.4, 0.5) is 17.6 Å². The van der Waals surface area contributed by atoms with E-state index < -0.39 is 17.6 Å². The van der Waals surface area contributed by atoms with Gasteiger partial charge >= 0.3 is 6.18 Å². The highest BCUT2D eigenvalue weighted by molar-refractivity contribution is 9.09. The first-order valence-corrected chi connectivity index (χ1v) is 6.26. The van der Waals surface area contributed by atoms with Crippen molar-refractivity contribution >= 4 is 15.9 Å². The lowest BCUT2D eigenvalue weighted by atomic mass is 10.0. The Morgan fingerprint density at radius 2 is 1.94 bits per heavy atom. The normalized spacial score (nSPS) is 13.8. The van der Waals surface area contributed by atoms with Crippen LogP contribution < -0.4 is 0 Å². The van der Waals surface area contributed by atoms with E-state index in [-0.39, 0.29) is 4.83 Å². The molecular formula is C12H13BrF4. The summed E-state index contributed by atoms with van der Waals surface area (Å²) in [5, 5.41) is 0. The summed E-state index contributed by atoms with van der Waals surface area (Å²) in [5.41, 5.74) is -0.672. The Morgan fingerprint density at radius 1 is 1.29 bits per heavy atom. The van der Waals surface area contributed by atoms with Crippen molar-refractivity contribution < 1.29 is 17.6 Å². The third kappa shape index (κ3) is 4.30. The van der Waals surface area contributed by atoms with Gasteiger partial charge in [0.05, 0.1) is 5.56 Å². The highest BCUT2D eigenvalue weighted by Gasteiger charge is 2.34. The lowest BCUT2D eigenvalue weighted by Gasteiger charge is -2.11. The first-order valence-electron chi connectivity index (χ1n) is 5.34. The molecule has 0 aliphatic rings. The predicted molar refractivity (Wildman–Crippen MR) is 62.7 cm³/mol. The van der Waals surface area contributed by atoms with Crippen molar-refractivity contribution in [3.8, 4) is 0 Å². The van der Waals surface area contributed by atoms with E-state index in [2.05, 4.69) is 15.9 Å². The van der Waals surface area contributed by atoms with Crippen LogP contribution in [0.1, 0.15) is 30.9 Å². The summed E-state index contributed by atoms with van der Waals surface area (Å²) in [6, 6.07) is 3.18. The molecule has 5 heteroatoms. The largest absolute Gasteiger partial charge is 0.419 e. The molecule has 0 heterocycles. The highest BCUT2D eigenvalue weighted by Crippen LogP contribution is 2.32. The third-order valence-corrected chi connectivity index (χ3v) is 3.63. The van der Waals surface area contributed by atoms with Gasteiger partial charge in [0.25, 0.3) is 0 Å². The first-order chi connectivity index (χ1) is 7.84. The molecule has 1 atom stereocenters. The van der Waals surface area contributed by atoms with Gasteiger partial charge in [-0.25, -0.2) is 4.39 Å². The van der Waals surface area contributed by atoms with E-state index in [0.717, 1.165) is 25.0 Å². The van der Waals surface area contributed by atoms with Gasteiger partial charge in [-0.15, -0.1) is 0 Å². The Bertz CT molecular complexity index is 373. The van der Waals surface area contributed by atoms with Gasteiger partial charge < -0.3 is 0 Å². The van der Waals surface area contributed by atoms with Gasteiger partial charge in [0.2, 0.25) is 0 Å². The molecule has 1 rings (SSSR count). The van der Waals surface area contributed by atoms with E-state index in [1.54, 1.807) is 0 Å². The maximum atomic E-state index is 13.0. The SMILES string of the molecule is CCC(Br)CCc1ccc(F)c(C(F)(F)F)c1. The van der Waals surface area contributed by atoms with Crippen molar-refractivity contribution in [2.45, 2.75) is 37.2 Å². The quantitative estimate of drug-likeness (QED) is 0.545. The molecular weight excluding hydrogens is 300 g/mol. The fraction of sp³-hybridized carbons (Fsp3) is 0.500. The summed E-state index contributed by atoms with van der Waals surface area (Å²) >= 11 is 3.41. The van der Waals surface area contributed by atoms with Gasteiger partial charge in [-0.2, -0.15) is 13.2 Å². The summed E-state index contributed by atoms with van der Waals surface area (Å²) in [6.45, 7) is 1.99. The molecule has 96 valence electrons. The number of hydrogen-bond acceptors (Lipinski definition) is 0. The van der Waals surface area contributed by atoms with Gasteiger partial charge in [0, 0.05) is 4.83 Å². The van der Waals surface area contributed by atoms with Crippen molar-refractivity contribution in [2.75, 3.05) is 0 Å². The van der Waals surface area contributed by atoms with Crippen LogP contribution in [-0.4, -0.2) is 4.83 Å². The number of hydrogen-bond donors (Lipinski definition) is 0. The van der Waals surface area contributed by atoms with E-state index in [4.69, 9.17) is 0 Å². The number of alkyl halides is 4. The Hall–Kier alpha value is -0.580. The summed E-state index contributed by atoms with van der Waals surface area (Å²) in [7, 11) is 0. The molecule has 0 aliphatic heterocycles. The average molecular weight is 313 g/mol. The minimum absolute atomic E-state index is 0.280.